The summed E-state index contributed by atoms with van der Waals surface area (Å²) >= 11 is 0. The van der Waals surface area contributed by atoms with E-state index in [-0.39, 0.29) is 17.6 Å². The van der Waals surface area contributed by atoms with Gasteiger partial charge in [0.15, 0.2) is 0 Å². The predicted molar refractivity (Wildman–Crippen MR) is 110 cm³/mol. The maximum Gasteiger partial charge on any atom is 0.490 e. The molecular weight excluding hydrogens is 441 g/mol. The van der Waals surface area contributed by atoms with E-state index in [9.17, 15) is 18.0 Å². The van der Waals surface area contributed by atoms with Crippen LogP contribution in [-0.4, -0.2) is 64.4 Å². The number of anilines is 1. The number of carbonyl (C=O) groups is 2. The van der Waals surface area contributed by atoms with Crippen LogP contribution in [0, 0.1) is 11.3 Å². The average molecular weight is 462 g/mol. The fourth-order valence-corrected chi connectivity index (χ4v) is 3.83. The highest BCUT2D eigenvalue weighted by Crippen LogP contribution is 2.36. The summed E-state index contributed by atoms with van der Waals surface area (Å²) < 4.78 is 37.9. The molecule has 11 heteroatoms. The lowest BCUT2D eigenvalue weighted by atomic mass is 9.97. The van der Waals surface area contributed by atoms with E-state index in [0.29, 0.717) is 30.8 Å². The van der Waals surface area contributed by atoms with E-state index in [2.05, 4.69) is 16.4 Å². The lowest BCUT2D eigenvalue weighted by Crippen LogP contribution is -2.36. The number of halogens is 3. The smallest absolute Gasteiger partial charge is 0.475 e. The Labute approximate surface area is 187 Å². The number of carbonyl (C=O) groups excluding carboxylic acids is 1. The number of carboxylic acids is 1. The van der Waals surface area contributed by atoms with E-state index in [1.54, 1.807) is 30.6 Å². The number of nitrogens with zero attached hydrogens (tertiary/aromatic N) is 3. The minimum atomic E-state index is -5.08. The molecule has 3 heterocycles. The third-order valence-corrected chi connectivity index (χ3v) is 5.33. The molecule has 33 heavy (non-hydrogen) atoms. The first-order valence-electron chi connectivity index (χ1n) is 10.0. The number of likely N-dealkylation sites (tertiary alicyclic amines) is 1. The van der Waals surface area contributed by atoms with Gasteiger partial charge < -0.3 is 20.1 Å². The Bertz CT molecular complexity index is 1040. The normalized spacial score (nSPS) is 21.8. The van der Waals surface area contributed by atoms with Gasteiger partial charge in [0.25, 0.3) is 5.91 Å². The van der Waals surface area contributed by atoms with Gasteiger partial charge in [0.2, 0.25) is 0 Å². The minimum absolute atomic E-state index is 0.0108. The van der Waals surface area contributed by atoms with Crippen molar-refractivity contribution in [3.63, 3.8) is 0 Å². The molecular formula is C22H21F3N4O4. The van der Waals surface area contributed by atoms with Crippen LogP contribution in [0.4, 0.5) is 18.9 Å². The molecule has 174 valence electrons. The summed E-state index contributed by atoms with van der Waals surface area (Å²) in [7, 11) is 0. The summed E-state index contributed by atoms with van der Waals surface area (Å²) in [5.41, 5.74) is 1.90. The first kappa shape index (κ1) is 24.0. The monoisotopic (exact) mass is 462 g/mol. The van der Waals surface area contributed by atoms with Crippen LogP contribution >= 0.6 is 0 Å². The average Bonchev–Trinajstić information content (AvgIpc) is 3.40. The highest BCUT2D eigenvalue weighted by molar-refractivity contribution is 5.94. The summed E-state index contributed by atoms with van der Waals surface area (Å²) in [6.07, 6.45) is -0.120. The number of amides is 1. The maximum atomic E-state index is 12.6. The summed E-state index contributed by atoms with van der Waals surface area (Å²) in [4.78, 5) is 27.4. The molecule has 1 spiro atoms. The van der Waals surface area contributed by atoms with Crippen LogP contribution in [0.1, 0.15) is 28.8 Å². The Balaban J connectivity index is 0.000000383. The van der Waals surface area contributed by atoms with E-state index in [0.717, 1.165) is 18.5 Å². The van der Waals surface area contributed by atoms with Gasteiger partial charge in [0.1, 0.15) is 0 Å². The molecule has 0 radical (unpaired) electrons. The molecule has 0 bridgehead atoms. The minimum Gasteiger partial charge on any atom is -0.475 e. The molecule has 2 atom stereocenters. The van der Waals surface area contributed by atoms with Crippen molar-refractivity contribution in [1.82, 2.24) is 9.88 Å². The molecule has 1 aromatic carbocycles. The van der Waals surface area contributed by atoms with Crippen molar-refractivity contribution in [1.29, 1.82) is 5.26 Å². The Kier molecular flexibility index (Phi) is 7.18. The third kappa shape index (κ3) is 6.20. The first-order valence-corrected chi connectivity index (χ1v) is 10.0. The molecule has 2 aliphatic rings. The topological polar surface area (TPSA) is 116 Å². The van der Waals surface area contributed by atoms with Crippen LogP contribution < -0.4 is 5.32 Å². The van der Waals surface area contributed by atoms with Crippen LogP contribution in [0.5, 0.6) is 0 Å². The number of nitrogens with one attached hydrogen (secondary N) is 1. The molecule has 8 nitrogen and oxygen atoms in total. The van der Waals surface area contributed by atoms with Gasteiger partial charge in [-0.25, -0.2) is 4.79 Å². The fraction of sp³-hybridized carbons (Fsp3) is 0.364. The van der Waals surface area contributed by atoms with Crippen molar-refractivity contribution in [2.75, 3.05) is 25.0 Å². The van der Waals surface area contributed by atoms with Gasteiger partial charge in [0, 0.05) is 31.0 Å². The van der Waals surface area contributed by atoms with Crippen molar-refractivity contribution < 1.29 is 32.6 Å². The zero-order valence-electron chi connectivity index (χ0n) is 17.4. The zero-order chi connectivity index (χ0) is 24.1. The summed E-state index contributed by atoms with van der Waals surface area (Å²) in [6, 6.07) is 13.4. The molecule has 2 fully saturated rings. The van der Waals surface area contributed by atoms with Crippen LogP contribution in [0.2, 0.25) is 0 Å². The molecule has 2 unspecified atom stereocenters. The predicted octanol–water partition coefficient (Wildman–Crippen LogP) is 3.07. The molecule has 2 N–H and O–H groups in total. The van der Waals surface area contributed by atoms with Gasteiger partial charge in [-0.2, -0.15) is 18.4 Å². The Hall–Kier alpha value is -3.65. The molecule has 1 amide bonds. The van der Waals surface area contributed by atoms with Gasteiger partial charge in [0.05, 0.1) is 42.0 Å². The van der Waals surface area contributed by atoms with Crippen molar-refractivity contribution in [3.8, 4) is 6.07 Å². The molecule has 1 aromatic heterocycles. The van der Waals surface area contributed by atoms with E-state index < -0.39 is 12.1 Å². The highest BCUT2D eigenvalue weighted by Gasteiger charge is 2.46. The Morgan fingerprint density at radius 1 is 1.30 bits per heavy atom. The first-order chi connectivity index (χ1) is 15.6. The van der Waals surface area contributed by atoms with Crippen molar-refractivity contribution >= 4 is 17.6 Å². The lowest BCUT2D eigenvalue weighted by molar-refractivity contribution is -0.192. The molecule has 4 rings (SSSR count). The maximum absolute atomic E-state index is 12.6. The number of alkyl halides is 3. The number of aliphatic carboxylic acids is 1. The Morgan fingerprint density at radius 3 is 2.70 bits per heavy atom. The largest absolute Gasteiger partial charge is 0.490 e. The number of carboxylic acid groups (broad SMARTS) is 1. The van der Waals surface area contributed by atoms with Crippen LogP contribution in [0.15, 0.2) is 48.8 Å². The highest BCUT2D eigenvalue weighted by atomic mass is 19.4. The molecule has 0 aliphatic carbocycles. The summed E-state index contributed by atoms with van der Waals surface area (Å²) in [5, 5.41) is 19.6. The number of rotatable bonds is 3. The standard InChI is InChI=1S/C20H20N4O2.C2HF3O2/c21-11-15-3-1-5-17(9-15)23-18-10-20(26-13-18)6-8-24(14-20)19(25)16-4-2-7-22-12-16;3-2(4,5)1(6)7/h1-5,7,9,12,18,23H,6,8,10,13-14H2;(H,6,7). The number of pyridine rings is 1. The van der Waals surface area contributed by atoms with Crippen LogP contribution in [-0.2, 0) is 9.53 Å². The summed E-state index contributed by atoms with van der Waals surface area (Å²) in [5.74, 6) is -2.75. The van der Waals surface area contributed by atoms with Gasteiger partial charge in [-0.05, 0) is 36.8 Å². The molecule has 2 saturated heterocycles. The van der Waals surface area contributed by atoms with Crippen LogP contribution in [0.3, 0.4) is 0 Å². The number of benzene rings is 1. The van der Waals surface area contributed by atoms with E-state index in [4.69, 9.17) is 19.9 Å². The molecule has 2 aromatic rings. The Morgan fingerprint density at radius 2 is 2.06 bits per heavy atom. The van der Waals surface area contributed by atoms with E-state index in [1.807, 2.05) is 23.1 Å². The number of aromatic nitrogens is 1. The summed E-state index contributed by atoms with van der Waals surface area (Å²) in [6.45, 7) is 1.91. The van der Waals surface area contributed by atoms with Crippen LogP contribution in [0.25, 0.3) is 0 Å². The number of nitriles is 1. The molecule has 0 saturated carbocycles. The number of ether oxygens (including phenoxy) is 1. The van der Waals surface area contributed by atoms with Gasteiger partial charge in [-0.1, -0.05) is 6.07 Å². The van der Waals surface area contributed by atoms with Crippen molar-refractivity contribution in [2.45, 2.75) is 30.7 Å². The fourth-order valence-electron chi connectivity index (χ4n) is 3.83. The lowest BCUT2D eigenvalue weighted by Gasteiger charge is -2.23. The van der Waals surface area contributed by atoms with E-state index in [1.165, 1.54) is 0 Å². The molecule has 2 aliphatic heterocycles. The zero-order valence-corrected chi connectivity index (χ0v) is 17.4. The SMILES string of the molecule is N#Cc1cccc(NC2COC3(CCN(C(=O)c4cccnc4)C3)C2)c1.O=C(O)C(F)(F)F. The van der Waals surface area contributed by atoms with Gasteiger partial charge in [-0.3, -0.25) is 9.78 Å². The quantitative estimate of drug-likeness (QED) is 0.720. The third-order valence-electron chi connectivity index (χ3n) is 5.33. The second-order valence-corrected chi connectivity index (χ2v) is 7.75. The van der Waals surface area contributed by atoms with Gasteiger partial charge >= 0.3 is 12.1 Å². The number of hydrogen-bond acceptors (Lipinski definition) is 6. The van der Waals surface area contributed by atoms with E-state index >= 15 is 0 Å². The second kappa shape index (κ2) is 9.87. The number of hydrogen-bond donors (Lipinski definition) is 2. The van der Waals surface area contributed by atoms with Crippen molar-refractivity contribution in [3.05, 3.63) is 59.9 Å². The van der Waals surface area contributed by atoms with Gasteiger partial charge in [-0.15, -0.1) is 0 Å². The van der Waals surface area contributed by atoms with Crippen molar-refractivity contribution in [2.24, 2.45) is 0 Å². The second-order valence-electron chi connectivity index (χ2n) is 7.75.